The standard InChI is InChI=1S/C14H18N2O2S/c1-3-8-15-14-16-11-6-4-10(9-12(11)19-14)5-7-13(17)18-2/h4,6,9H,3,5,7-8H2,1-2H3,(H,15,16). The van der Waals surface area contributed by atoms with Gasteiger partial charge in [-0.25, -0.2) is 4.98 Å². The minimum atomic E-state index is -0.172. The number of anilines is 1. The third-order valence-electron chi connectivity index (χ3n) is 2.82. The molecule has 0 aliphatic carbocycles. The zero-order valence-electron chi connectivity index (χ0n) is 11.2. The van der Waals surface area contributed by atoms with Gasteiger partial charge in [0.15, 0.2) is 5.13 Å². The van der Waals surface area contributed by atoms with Gasteiger partial charge in [0.2, 0.25) is 0 Å². The molecule has 0 bridgehead atoms. The summed E-state index contributed by atoms with van der Waals surface area (Å²) in [7, 11) is 1.42. The fourth-order valence-corrected chi connectivity index (χ4v) is 2.74. The first-order chi connectivity index (χ1) is 9.22. The lowest BCUT2D eigenvalue weighted by molar-refractivity contribution is -0.140. The van der Waals surface area contributed by atoms with E-state index in [0.717, 1.165) is 33.9 Å². The number of aromatic nitrogens is 1. The number of ether oxygens (including phenoxy) is 1. The third kappa shape index (κ3) is 3.67. The third-order valence-corrected chi connectivity index (χ3v) is 3.80. The first-order valence-corrected chi connectivity index (χ1v) is 7.24. The molecule has 1 aromatic heterocycles. The summed E-state index contributed by atoms with van der Waals surface area (Å²) in [6, 6.07) is 6.14. The Morgan fingerprint density at radius 3 is 3.05 bits per heavy atom. The van der Waals surface area contributed by atoms with Gasteiger partial charge in [-0.1, -0.05) is 24.3 Å². The van der Waals surface area contributed by atoms with Gasteiger partial charge in [-0.15, -0.1) is 0 Å². The van der Waals surface area contributed by atoms with Crippen molar-refractivity contribution >= 4 is 32.7 Å². The number of carbonyl (C=O) groups is 1. The van der Waals surface area contributed by atoms with Crippen LogP contribution in [0, 0.1) is 0 Å². The fraction of sp³-hybridized carbons (Fsp3) is 0.429. The summed E-state index contributed by atoms with van der Waals surface area (Å²) in [6.45, 7) is 3.07. The number of carbonyl (C=O) groups excluding carboxylic acids is 1. The van der Waals surface area contributed by atoms with Gasteiger partial charge in [0, 0.05) is 13.0 Å². The summed E-state index contributed by atoms with van der Waals surface area (Å²) in [4.78, 5) is 15.6. The van der Waals surface area contributed by atoms with Crippen LogP contribution < -0.4 is 5.32 Å². The van der Waals surface area contributed by atoms with Crippen molar-refractivity contribution in [1.29, 1.82) is 0 Å². The molecule has 0 radical (unpaired) electrons. The van der Waals surface area contributed by atoms with Gasteiger partial charge in [-0.05, 0) is 30.5 Å². The van der Waals surface area contributed by atoms with E-state index in [2.05, 4.69) is 28.0 Å². The maximum Gasteiger partial charge on any atom is 0.305 e. The molecule has 0 aliphatic heterocycles. The van der Waals surface area contributed by atoms with Crippen molar-refractivity contribution in [2.24, 2.45) is 0 Å². The second kappa shape index (κ2) is 6.52. The van der Waals surface area contributed by atoms with Crippen molar-refractivity contribution in [2.75, 3.05) is 19.0 Å². The number of esters is 1. The quantitative estimate of drug-likeness (QED) is 0.824. The predicted octanol–water partition coefficient (Wildman–Crippen LogP) is 3.22. The maximum atomic E-state index is 11.1. The number of aryl methyl sites for hydroxylation is 1. The zero-order chi connectivity index (χ0) is 13.7. The van der Waals surface area contributed by atoms with Crippen LogP contribution in [0.5, 0.6) is 0 Å². The van der Waals surface area contributed by atoms with E-state index in [1.807, 2.05) is 12.1 Å². The second-order valence-corrected chi connectivity index (χ2v) is 5.35. The lowest BCUT2D eigenvalue weighted by Crippen LogP contribution is -2.01. The number of thiazole rings is 1. The van der Waals surface area contributed by atoms with Gasteiger partial charge in [-0.3, -0.25) is 4.79 Å². The fourth-order valence-electron chi connectivity index (χ4n) is 1.78. The number of hydrogen-bond acceptors (Lipinski definition) is 5. The highest BCUT2D eigenvalue weighted by Crippen LogP contribution is 2.27. The van der Waals surface area contributed by atoms with E-state index in [0.29, 0.717) is 12.8 Å². The maximum absolute atomic E-state index is 11.1. The van der Waals surface area contributed by atoms with Gasteiger partial charge >= 0.3 is 5.97 Å². The lowest BCUT2D eigenvalue weighted by atomic mass is 10.1. The van der Waals surface area contributed by atoms with Crippen LogP contribution in [0.4, 0.5) is 5.13 Å². The van der Waals surface area contributed by atoms with Gasteiger partial charge in [0.25, 0.3) is 0 Å². The average molecular weight is 278 g/mol. The Kier molecular flexibility index (Phi) is 4.74. The van der Waals surface area contributed by atoms with Crippen LogP contribution in [-0.2, 0) is 16.0 Å². The largest absolute Gasteiger partial charge is 0.469 e. The molecule has 1 aromatic carbocycles. The van der Waals surface area contributed by atoms with Crippen molar-refractivity contribution < 1.29 is 9.53 Å². The molecule has 5 heteroatoms. The summed E-state index contributed by atoms with van der Waals surface area (Å²) in [5.41, 5.74) is 2.15. The van der Waals surface area contributed by atoms with E-state index in [4.69, 9.17) is 0 Å². The lowest BCUT2D eigenvalue weighted by Gasteiger charge is -2.00. The minimum Gasteiger partial charge on any atom is -0.469 e. The Bertz CT molecular complexity index is 566. The molecule has 2 rings (SSSR count). The van der Waals surface area contributed by atoms with E-state index in [9.17, 15) is 4.79 Å². The van der Waals surface area contributed by atoms with E-state index in [1.54, 1.807) is 11.3 Å². The molecular weight excluding hydrogens is 260 g/mol. The van der Waals surface area contributed by atoms with Crippen LogP contribution in [0.15, 0.2) is 18.2 Å². The number of nitrogens with zero attached hydrogens (tertiary/aromatic N) is 1. The van der Waals surface area contributed by atoms with Gasteiger partial charge < -0.3 is 10.1 Å². The van der Waals surface area contributed by atoms with Gasteiger partial charge in [0.05, 0.1) is 17.3 Å². The Morgan fingerprint density at radius 2 is 2.32 bits per heavy atom. The Morgan fingerprint density at radius 1 is 1.47 bits per heavy atom. The highest BCUT2D eigenvalue weighted by molar-refractivity contribution is 7.22. The van der Waals surface area contributed by atoms with Gasteiger partial charge in [0.1, 0.15) is 0 Å². The zero-order valence-corrected chi connectivity index (χ0v) is 12.0. The van der Waals surface area contributed by atoms with Crippen molar-refractivity contribution in [2.45, 2.75) is 26.2 Å². The smallest absolute Gasteiger partial charge is 0.305 e. The molecule has 0 saturated carbocycles. The molecule has 0 amide bonds. The highest BCUT2D eigenvalue weighted by atomic mass is 32.1. The van der Waals surface area contributed by atoms with E-state index < -0.39 is 0 Å². The predicted molar refractivity (Wildman–Crippen MR) is 78.7 cm³/mol. The van der Waals surface area contributed by atoms with Crippen molar-refractivity contribution in [3.05, 3.63) is 23.8 Å². The van der Waals surface area contributed by atoms with Crippen LogP contribution >= 0.6 is 11.3 Å². The number of nitrogens with one attached hydrogen (secondary N) is 1. The Balaban J connectivity index is 2.09. The number of fused-ring (bicyclic) bond motifs is 1. The molecule has 0 saturated heterocycles. The van der Waals surface area contributed by atoms with Crippen molar-refractivity contribution in [3.63, 3.8) is 0 Å². The Labute approximate surface area is 116 Å². The van der Waals surface area contributed by atoms with Crippen LogP contribution in [0.1, 0.15) is 25.3 Å². The highest BCUT2D eigenvalue weighted by Gasteiger charge is 2.06. The first-order valence-electron chi connectivity index (χ1n) is 6.43. The molecule has 0 fully saturated rings. The minimum absolute atomic E-state index is 0.172. The molecular formula is C14H18N2O2S. The number of hydrogen-bond donors (Lipinski definition) is 1. The molecule has 102 valence electrons. The molecule has 0 unspecified atom stereocenters. The molecule has 2 aromatic rings. The number of methoxy groups -OCH3 is 1. The normalized spacial score (nSPS) is 10.6. The average Bonchev–Trinajstić information content (AvgIpc) is 2.84. The molecule has 4 nitrogen and oxygen atoms in total. The summed E-state index contributed by atoms with van der Waals surface area (Å²) >= 11 is 1.65. The molecule has 19 heavy (non-hydrogen) atoms. The van der Waals surface area contributed by atoms with Crippen LogP contribution in [0.2, 0.25) is 0 Å². The first kappa shape index (κ1) is 13.8. The molecule has 1 N–H and O–H groups in total. The topological polar surface area (TPSA) is 51.2 Å². The number of benzene rings is 1. The Hall–Kier alpha value is -1.62. The monoisotopic (exact) mass is 278 g/mol. The molecule has 1 heterocycles. The van der Waals surface area contributed by atoms with Crippen LogP contribution in [0.25, 0.3) is 10.2 Å². The van der Waals surface area contributed by atoms with E-state index in [1.165, 1.54) is 7.11 Å². The summed E-state index contributed by atoms with van der Waals surface area (Å²) in [5.74, 6) is -0.172. The molecule has 0 atom stereocenters. The van der Waals surface area contributed by atoms with Crippen LogP contribution in [-0.4, -0.2) is 24.6 Å². The summed E-state index contributed by atoms with van der Waals surface area (Å²) < 4.78 is 5.80. The number of rotatable bonds is 6. The van der Waals surface area contributed by atoms with E-state index in [-0.39, 0.29) is 5.97 Å². The molecule has 0 spiro atoms. The SMILES string of the molecule is CCCNc1nc2ccc(CCC(=O)OC)cc2s1. The summed E-state index contributed by atoms with van der Waals surface area (Å²) in [5, 5.41) is 4.26. The second-order valence-electron chi connectivity index (χ2n) is 4.32. The molecule has 0 aliphatic rings. The van der Waals surface area contributed by atoms with Crippen LogP contribution in [0.3, 0.4) is 0 Å². The van der Waals surface area contributed by atoms with Crippen molar-refractivity contribution in [1.82, 2.24) is 4.98 Å². The van der Waals surface area contributed by atoms with Crippen molar-refractivity contribution in [3.8, 4) is 0 Å². The summed E-state index contributed by atoms with van der Waals surface area (Å²) in [6.07, 6.45) is 2.21. The van der Waals surface area contributed by atoms with E-state index >= 15 is 0 Å². The van der Waals surface area contributed by atoms with Gasteiger partial charge in [-0.2, -0.15) is 0 Å².